The van der Waals surface area contributed by atoms with Crippen LogP contribution in [-0.2, 0) is 0 Å². The maximum absolute atomic E-state index is 10.8. The Bertz CT molecular complexity index is 461. The van der Waals surface area contributed by atoms with E-state index in [1.165, 1.54) is 0 Å². The van der Waals surface area contributed by atoms with E-state index in [1.54, 1.807) is 0 Å². The molecule has 0 unspecified atom stereocenters. The average molecular weight is 238 g/mol. The largest absolute Gasteiger partial charge is 2.00 e. The quantitative estimate of drug-likeness (QED) is 0.558. The summed E-state index contributed by atoms with van der Waals surface area (Å²) in [5.74, 6) is -7.31. The van der Waals surface area contributed by atoms with E-state index in [0.717, 1.165) is 0 Å². The Morgan fingerprint density at radius 3 is 2.33 bits per heavy atom. The van der Waals surface area contributed by atoms with Gasteiger partial charge in [-0.25, -0.2) is 4.79 Å². The predicted molar refractivity (Wildman–Crippen MR) is 41.5 cm³/mol. The first-order valence-electron chi connectivity index (χ1n) is 3.23. The molecule has 15 heavy (non-hydrogen) atoms. The van der Waals surface area contributed by atoms with Crippen LogP contribution in [0, 0.1) is 0 Å². The van der Waals surface area contributed by atoms with E-state index >= 15 is 0 Å². The molecule has 1 heterocycles. The predicted octanol–water partition coefficient (Wildman–Crippen LogP) is -2.61. The van der Waals surface area contributed by atoms with E-state index in [0.29, 0.717) is 6.07 Å². The first kappa shape index (κ1) is 13.9. The second kappa shape index (κ2) is 5.15. The van der Waals surface area contributed by atoms with Crippen LogP contribution in [-0.4, -0.2) is 54.8 Å². The molecule has 1 aromatic rings. The Morgan fingerprint density at radius 1 is 1.40 bits per heavy atom. The van der Waals surface area contributed by atoms with Gasteiger partial charge in [0.25, 0.3) is 0 Å². The molecule has 1 N–H and O–H groups in total. The minimum Gasteiger partial charge on any atom is -0.867 e. The van der Waals surface area contributed by atoms with Crippen LogP contribution in [0.3, 0.4) is 0 Å². The molecule has 0 amide bonds. The summed E-state index contributed by atoms with van der Waals surface area (Å²) < 4.78 is 4.14. The molecule has 0 aromatic carbocycles. The molecule has 0 bridgehead atoms. The molecule has 0 saturated carbocycles. The van der Waals surface area contributed by atoms with Gasteiger partial charge in [-0.1, -0.05) is 0 Å². The zero-order valence-electron chi connectivity index (χ0n) is 7.18. The molecule has 0 atom stereocenters. The van der Waals surface area contributed by atoms with E-state index in [1.807, 2.05) is 0 Å². The Kier molecular flexibility index (Phi) is 4.79. The van der Waals surface area contributed by atoms with Gasteiger partial charge in [0.15, 0.2) is 11.2 Å². The summed E-state index contributed by atoms with van der Waals surface area (Å²) in [5.41, 5.74) is -1.27. The Morgan fingerprint density at radius 2 is 1.93 bits per heavy atom. The molecule has 0 aliphatic carbocycles. The molecular weight excluding hydrogens is 236 g/mol. The van der Waals surface area contributed by atoms with E-state index in [2.05, 4.69) is 4.42 Å². The van der Waals surface area contributed by atoms with Gasteiger partial charge >= 0.3 is 43.7 Å². The second-order valence-corrected chi connectivity index (χ2v) is 2.23. The maximum atomic E-state index is 10.8. The van der Waals surface area contributed by atoms with Crippen LogP contribution < -0.4 is 15.6 Å². The average Bonchev–Trinajstić information content (AvgIpc) is 2.08. The number of carbonyl (C=O) groups is 2. The van der Waals surface area contributed by atoms with Crippen LogP contribution in [0.15, 0.2) is 15.3 Å². The third kappa shape index (κ3) is 2.95. The van der Waals surface area contributed by atoms with Crippen LogP contribution in [0.2, 0.25) is 0 Å². The summed E-state index contributed by atoms with van der Waals surface area (Å²) in [6.45, 7) is 0. The summed E-state index contributed by atoms with van der Waals surface area (Å²) in [6.07, 6.45) is 0. The van der Waals surface area contributed by atoms with Crippen molar-refractivity contribution in [3.63, 3.8) is 0 Å². The summed E-state index contributed by atoms with van der Waals surface area (Å²) in [4.78, 5) is 31.2. The molecule has 0 aliphatic heterocycles. The number of carbonyl (C=O) groups excluding carboxylic acids is 1. The summed E-state index contributed by atoms with van der Waals surface area (Å²) >= 11 is 0. The third-order valence-corrected chi connectivity index (χ3v) is 1.30. The SMILES string of the molecule is O=C([O-])c1cc(=O)c([O-])c(C(=O)O)o1.[Ca+2]. The van der Waals surface area contributed by atoms with Gasteiger partial charge in [-0.15, -0.1) is 0 Å². The van der Waals surface area contributed by atoms with Gasteiger partial charge < -0.3 is 24.5 Å². The van der Waals surface area contributed by atoms with E-state index < -0.39 is 34.6 Å². The molecule has 7 nitrogen and oxygen atoms in total. The van der Waals surface area contributed by atoms with Crippen LogP contribution >= 0.6 is 0 Å². The molecule has 0 aliphatic rings. The molecule has 0 saturated heterocycles. The van der Waals surface area contributed by atoms with Crippen LogP contribution in [0.1, 0.15) is 21.1 Å². The van der Waals surface area contributed by atoms with Gasteiger partial charge in [0.2, 0.25) is 5.76 Å². The van der Waals surface area contributed by atoms with Gasteiger partial charge in [0.05, 0.1) is 0 Å². The van der Waals surface area contributed by atoms with Crippen LogP contribution in [0.25, 0.3) is 0 Å². The van der Waals surface area contributed by atoms with Gasteiger partial charge in [-0.05, 0) is 5.75 Å². The fraction of sp³-hybridized carbons (Fsp3) is 0. The molecule has 74 valence electrons. The smallest absolute Gasteiger partial charge is 0.867 e. The third-order valence-electron chi connectivity index (χ3n) is 1.30. The van der Waals surface area contributed by atoms with Gasteiger partial charge in [-0.3, -0.25) is 4.79 Å². The van der Waals surface area contributed by atoms with E-state index in [9.17, 15) is 24.6 Å². The number of rotatable bonds is 2. The molecule has 1 aromatic heterocycles. The number of hydrogen-bond acceptors (Lipinski definition) is 6. The molecule has 0 fully saturated rings. The number of carboxylic acid groups (broad SMARTS) is 2. The molecular formula is C7H2CaO7. The maximum Gasteiger partial charge on any atom is 2.00 e. The van der Waals surface area contributed by atoms with Crippen molar-refractivity contribution in [3.05, 3.63) is 27.8 Å². The van der Waals surface area contributed by atoms with Crippen molar-refractivity contribution in [1.82, 2.24) is 0 Å². The topological polar surface area (TPSA) is 131 Å². The van der Waals surface area contributed by atoms with Gasteiger partial charge in [0, 0.05) is 6.07 Å². The van der Waals surface area contributed by atoms with E-state index in [-0.39, 0.29) is 37.7 Å². The standard InChI is InChI=1S/C7H4O7.Ca/c8-2-1-3(6(10)11)14-5(4(2)9)7(12)13;/h1,9H,(H,10,11)(H,12,13);/q;+2/p-2. The summed E-state index contributed by atoms with van der Waals surface area (Å²) in [7, 11) is 0. The molecule has 0 radical (unpaired) electrons. The minimum absolute atomic E-state index is 0. The molecule has 8 heteroatoms. The number of hydrogen-bond donors (Lipinski definition) is 1. The molecule has 0 spiro atoms. The fourth-order valence-electron chi connectivity index (χ4n) is 0.724. The van der Waals surface area contributed by atoms with Crippen molar-refractivity contribution in [2.45, 2.75) is 0 Å². The van der Waals surface area contributed by atoms with Gasteiger partial charge in [-0.2, -0.15) is 0 Å². The Labute approximate surface area is 112 Å². The van der Waals surface area contributed by atoms with Crippen molar-refractivity contribution in [3.8, 4) is 5.75 Å². The summed E-state index contributed by atoms with van der Waals surface area (Å²) in [5, 5.41) is 29.3. The van der Waals surface area contributed by atoms with Gasteiger partial charge in [0.1, 0.15) is 5.97 Å². The normalized spacial score (nSPS) is 9.07. The zero-order valence-corrected chi connectivity index (χ0v) is 9.39. The second-order valence-electron chi connectivity index (χ2n) is 2.23. The van der Waals surface area contributed by atoms with Crippen molar-refractivity contribution in [2.75, 3.05) is 0 Å². The first-order chi connectivity index (χ1) is 6.43. The van der Waals surface area contributed by atoms with Crippen molar-refractivity contribution < 1.29 is 29.3 Å². The Balaban J connectivity index is 0.00000196. The fourth-order valence-corrected chi connectivity index (χ4v) is 0.724. The summed E-state index contributed by atoms with van der Waals surface area (Å²) in [6, 6.07) is 0.365. The van der Waals surface area contributed by atoms with Crippen molar-refractivity contribution in [2.24, 2.45) is 0 Å². The minimum atomic E-state index is -1.87. The monoisotopic (exact) mass is 238 g/mol. The van der Waals surface area contributed by atoms with Crippen molar-refractivity contribution >= 4 is 49.7 Å². The Hall–Kier alpha value is -1.05. The first-order valence-corrected chi connectivity index (χ1v) is 3.23. The number of carboxylic acids is 2. The van der Waals surface area contributed by atoms with E-state index in [4.69, 9.17) is 5.11 Å². The van der Waals surface area contributed by atoms with Crippen molar-refractivity contribution in [1.29, 1.82) is 0 Å². The van der Waals surface area contributed by atoms with Crippen LogP contribution in [0.4, 0.5) is 0 Å². The van der Waals surface area contributed by atoms with Crippen LogP contribution in [0.5, 0.6) is 5.75 Å². The molecule has 1 rings (SSSR count). The number of aromatic carboxylic acids is 2. The zero-order chi connectivity index (χ0) is 10.9.